The molecule has 2 fully saturated rings. The lowest BCUT2D eigenvalue weighted by atomic mass is 9.66. The lowest BCUT2D eigenvalue weighted by Crippen LogP contribution is -2.63. The predicted molar refractivity (Wildman–Crippen MR) is 65.4 cm³/mol. The van der Waals surface area contributed by atoms with Crippen molar-refractivity contribution >= 4 is 11.8 Å². The molecule has 96 valence electrons. The average Bonchev–Trinajstić information content (AvgIpc) is 2.25. The Hall–Kier alpha value is -1.06. The minimum absolute atomic E-state index is 0.0253. The van der Waals surface area contributed by atoms with Gasteiger partial charge in [0.2, 0.25) is 11.8 Å². The minimum atomic E-state index is -0.368. The Morgan fingerprint density at radius 1 is 1.35 bits per heavy atom. The molecular weight excluding hydrogens is 216 g/mol. The standard InChI is InChI=1S/C13H22N2O2/c1-4-13(6-5-7-13)8-15-10(3)11(16)14-9(2)12(15)17/h9-10H,4-8H2,1-3H3,(H,14,16). The van der Waals surface area contributed by atoms with Crippen molar-refractivity contribution in [3.63, 3.8) is 0 Å². The molecular formula is C13H22N2O2. The van der Waals surface area contributed by atoms with Crippen LogP contribution in [0.1, 0.15) is 46.5 Å². The van der Waals surface area contributed by atoms with Gasteiger partial charge in [-0.3, -0.25) is 9.59 Å². The van der Waals surface area contributed by atoms with E-state index in [9.17, 15) is 9.59 Å². The number of rotatable bonds is 3. The first-order valence-corrected chi connectivity index (χ1v) is 6.60. The fourth-order valence-corrected chi connectivity index (χ4v) is 2.85. The molecule has 0 radical (unpaired) electrons. The van der Waals surface area contributed by atoms with Gasteiger partial charge in [-0.05, 0) is 38.5 Å². The van der Waals surface area contributed by atoms with E-state index in [2.05, 4.69) is 12.2 Å². The zero-order valence-corrected chi connectivity index (χ0v) is 11.0. The Morgan fingerprint density at radius 3 is 2.47 bits per heavy atom. The summed E-state index contributed by atoms with van der Waals surface area (Å²) in [5, 5.41) is 2.72. The highest BCUT2D eigenvalue weighted by Gasteiger charge is 2.43. The predicted octanol–water partition coefficient (Wildman–Crippen LogP) is 1.30. The maximum absolute atomic E-state index is 12.1. The highest BCUT2D eigenvalue weighted by atomic mass is 16.2. The highest BCUT2D eigenvalue weighted by Crippen LogP contribution is 2.44. The zero-order valence-electron chi connectivity index (χ0n) is 11.0. The largest absolute Gasteiger partial charge is 0.343 e. The summed E-state index contributed by atoms with van der Waals surface area (Å²) in [7, 11) is 0. The molecule has 1 aliphatic carbocycles. The van der Waals surface area contributed by atoms with Crippen LogP contribution in [0.3, 0.4) is 0 Å². The summed E-state index contributed by atoms with van der Waals surface area (Å²) in [6.45, 7) is 6.52. The van der Waals surface area contributed by atoms with Gasteiger partial charge in [0.25, 0.3) is 0 Å². The van der Waals surface area contributed by atoms with E-state index in [4.69, 9.17) is 0 Å². The first-order valence-electron chi connectivity index (χ1n) is 6.60. The molecule has 0 aromatic rings. The number of hydrogen-bond acceptors (Lipinski definition) is 2. The molecule has 0 aromatic heterocycles. The lowest BCUT2D eigenvalue weighted by Gasteiger charge is -2.47. The van der Waals surface area contributed by atoms with Gasteiger partial charge in [-0.25, -0.2) is 0 Å². The van der Waals surface area contributed by atoms with Crippen molar-refractivity contribution < 1.29 is 9.59 Å². The third-order valence-electron chi connectivity index (χ3n) is 4.53. The van der Waals surface area contributed by atoms with Crippen molar-refractivity contribution in [1.29, 1.82) is 0 Å². The van der Waals surface area contributed by atoms with Crippen molar-refractivity contribution in [2.45, 2.75) is 58.5 Å². The monoisotopic (exact) mass is 238 g/mol. The molecule has 1 heterocycles. The van der Waals surface area contributed by atoms with Crippen LogP contribution in [0, 0.1) is 5.41 Å². The molecule has 2 aliphatic rings. The van der Waals surface area contributed by atoms with Crippen LogP contribution in [-0.4, -0.2) is 35.3 Å². The van der Waals surface area contributed by atoms with Crippen molar-refractivity contribution in [2.75, 3.05) is 6.54 Å². The SMILES string of the molecule is CCC1(CN2C(=O)C(C)NC(=O)C2C)CCC1. The Bertz CT molecular complexity index is 331. The molecule has 0 spiro atoms. The molecule has 2 amide bonds. The van der Waals surface area contributed by atoms with E-state index in [1.165, 1.54) is 19.3 Å². The van der Waals surface area contributed by atoms with Gasteiger partial charge in [-0.1, -0.05) is 13.3 Å². The summed E-state index contributed by atoms with van der Waals surface area (Å²) in [4.78, 5) is 25.6. The van der Waals surface area contributed by atoms with Gasteiger partial charge >= 0.3 is 0 Å². The van der Waals surface area contributed by atoms with Crippen molar-refractivity contribution in [2.24, 2.45) is 5.41 Å². The van der Waals surface area contributed by atoms with Crippen LogP contribution in [-0.2, 0) is 9.59 Å². The summed E-state index contributed by atoms with van der Waals surface area (Å²) in [6, 6.07) is -0.685. The molecule has 2 unspecified atom stereocenters. The molecule has 1 saturated heterocycles. The Morgan fingerprint density at radius 2 is 2.00 bits per heavy atom. The lowest BCUT2D eigenvalue weighted by molar-refractivity contribution is -0.151. The smallest absolute Gasteiger partial charge is 0.245 e. The van der Waals surface area contributed by atoms with Crippen molar-refractivity contribution in [3.05, 3.63) is 0 Å². The molecule has 1 aliphatic heterocycles. The summed E-state index contributed by atoms with van der Waals surface area (Å²) in [5.74, 6) is 0.0412. The van der Waals surface area contributed by atoms with Crippen molar-refractivity contribution in [3.8, 4) is 0 Å². The number of amides is 2. The second-order valence-electron chi connectivity index (χ2n) is 5.58. The average molecular weight is 238 g/mol. The van der Waals surface area contributed by atoms with Crippen LogP contribution >= 0.6 is 0 Å². The van der Waals surface area contributed by atoms with E-state index in [0.29, 0.717) is 0 Å². The third-order valence-corrected chi connectivity index (χ3v) is 4.53. The maximum atomic E-state index is 12.1. The van der Waals surface area contributed by atoms with E-state index < -0.39 is 0 Å². The molecule has 1 saturated carbocycles. The molecule has 1 N–H and O–H groups in total. The second kappa shape index (κ2) is 4.31. The van der Waals surface area contributed by atoms with E-state index >= 15 is 0 Å². The second-order valence-corrected chi connectivity index (χ2v) is 5.58. The van der Waals surface area contributed by atoms with Gasteiger partial charge in [0.15, 0.2) is 0 Å². The van der Waals surface area contributed by atoms with Gasteiger partial charge in [0, 0.05) is 6.54 Å². The first kappa shape index (κ1) is 12.4. The Kier molecular flexibility index (Phi) is 3.15. The number of nitrogens with zero attached hydrogens (tertiary/aromatic N) is 1. The molecule has 0 bridgehead atoms. The normalized spacial score (nSPS) is 32.1. The molecule has 0 aromatic carbocycles. The Labute approximate surface area is 103 Å². The van der Waals surface area contributed by atoms with E-state index in [1.54, 1.807) is 11.8 Å². The first-order chi connectivity index (χ1) is 7.99. The molecule has 2 rings (SSSR count). The molecule has 4 nitrogen and oxygen atoms in total. The number of carbonyl (C=O) groups is 2. The van der Waals surface area contributed by atoms with Crippen LogP contribution in [0.2, 0.25) is 0 Å². The number of piperazine rings is 1. The number of carbonyl (C=O) groups excluding carboxylic acids is 2. The minimum Gasteiger partial charge on any atom is -0.343 e. The van der Waals surface area contributed by atoms with Gasteiger partial charge in [-0.15, -0.1) is 0 Å². The fraction of sp³-hybridized carbons (Fsp3) is 0.846. The molecule has 17 heavy (non-hydrogen) atoms. The topological polar surface area (TPSA) is 49.4 Å². The fourth-order valence-electron chi connectivity index (χ4n) is 2.85. The van der Waals surface area contributed by atoms with E-state index in [-0.39, 0.29) is 29.3 Å². The third kappa shape index (κ3) is 2.05. The van der Waals surface area contributed by atoms with Crippen LogP contribution in [0.4, 0.5) is 0 Å². The van der Waals surface area contributed by atoms with Gasteiger partial charge < -0.3 is 10.2 Å². The van der Waals surface area contributed by atoms with Crippen molar-refractivity contribution in [1.82, 2.24) is 10.2 Å². The van der Waals surface area contributed by atoms with Gasteiger partial charge in [-0.2, -0.15) is 0 Å². The summed E-state index contributed by atoms with van der Waals surface area (Å²) in [5.41, 5.74) is 0.279. The van der Waals surface area contributed by atoms with E-state index in [1.807, 2.05) is 6.92 Å². The molecule has 2 atom stereocenters. The highest BCUT2D eigenvalue weighted by molar-refractivity contribution is 5.96. The Balaban J connectivity index is 2.11. The van der Waals surface area contributed by atoms with Crippen LogP contribution < -0.4 is 5.32 Å². The van der Waals surface area contributed by atoms with Gasteiger partial charge in [0.05, 0.1) is 0 Å². The van der Waals surface area contributed by atoms with Crippen LogP contribution in [0.5, 0.6) is 0 Å². The van der Waals surface area contributed by atoms with Crippen LogP contribution in [0.15, 0.2) is 0 Å². The maximum Gasteiger partial charge on any atom is 0.245 e. The number of hydrogen-bond donors (Lipinski definition) is 1. The van der Waals surface area contributed by atoms with E-state index in [0.717, 1.165) is 13.0 Å². The van der Waals surface area contributed by atoms with Gasteiger partial charge in [0.1, 0.15) is 12.1 Å². The quantitative estimate of drug-likeness (QED) is 0.805. The molecule has 4 heteroatoms. The number of nitrogens with one attached hydrogen (secondary N) is 1. The summed E-state index contributed by atoms with van der Waals surface area (Å²) >= 11 is 0. The summed E-state index contributed by atoms with van der Waals surface area (Å²) in [6.07, 6.45) is 4.73. The zero-order chi connectivity index (χ0) is 12.6. The van der Waals surface area contributed by atoms with Crippen LogP contribution in [0.25, 0.3) is 0 Å². The summed E-state index contributed by atoms with van der Waals surface area (Å²) < 4.78 is 0.